The Hall–Kier alpha value is -3.71. The minimum atomic E-state index is -1.92. The highest BCUT2D eigenvalue weighted by molar-refractivity contribution is 5.88. The SMILES string of the molecule is COc1cc(O)c2c(=O)c(O[C@@H]3OC(CO[C@@H]4OC(C)[C@H](O)[C@H](O)C4O)[C@@H](O)C(O)C3O)c(-c3ccc(O)c(OC)c3)oc2c1. The van der Waals surface area contributed by atoms with Gasteiger partial charge in [-0.3, -0.25) is 4.79 Å². The number of aliphatic hydroxyl groups is 6. The van der Waals surface area contributed by atoms with Crippen LogP contribution in [0.4, 0.5) is 0 Å². The lowest BCUT2D eigenvalue weighted by atomic mass is 9.98. The molecule has 0 spiro atoms. The van der Waals surface area contributed by atoms with E-state index in [2.05, 4.69) is 0 Å². The first-order chi connectivity index (χ1) is 21.4. The highest BCUT2D eigenvalue weighted by atomic mass is 16.7. The van der Waals surface area contributed by atoms with Crippen molar-refractivity contribution in [1.82, 2.24) is 0 Å². The molecule has 246 valence electrons. The van der Waals surface area contributed by atoms with Crippen molar-refractivity contribution in [1.29, 1.82) is 0 Å². The molecule has 0 amide bonds. The maximum absolute atomic E-state index is 13.8. The summed E-state index contributed by atoms with van der Waals surface area (Å²) in [7, 11) is 2.65. The van der Waals surface area contributed by atoms with Crippen LogP contribution in [0.2, 0.25) is 0 Å². The predicted molar refractivity (Wildman–Crippen MR) is 150 cm³/mol. The normalized spacial score (nSPS) is 31.9. The van der Waals surface area contributed by atoms with Crippen molar-refractivity contribution in [2.45, 2.75) is 68.3 Å². The molecule has 2 saturated heterocycles. The lowest BCUT2D eigenvalue weighted by Crippen LogP contribution is -2.61. The molecule has 2 fully saturated rings. The van der Waals surface area contributed by atoms with Gasteiger partial charge in [0.2, 0.25) is 17.5 Å². The molecule has 0 radical (unpaired) electrons. The summed E-state index contributed by atoms with van der Waals surface area (Å²) in [6.07, 6.45) is -15.9. The van der Waals surface area contributed by atoms with Crippen molar-refractivity contribution in [3.05, 3.63) is 40.6 Å². The minimum Gasteiger partial charge on any atom is -0.507 e. The fourth-order valence-corrected chi connectivity index (χ4v) is 5.10. The molecule has 5 unspecified atom stereocenters. The second-order valence-electron chi connectivity index (χ2n) is 10.6. The number of aliphatic hydroxyl groups excluding tert-OH is 6. The predicted octanol–water partition coefficient (Wildman–Crippen LogP) is -1.08. The molecule has 0 aliphatic carbocycles. The summed E-state index contributed by atoms with van der Waals surface area (Å²) >= 11 is 0. The number of hydrogen-bond donors (Lipinski definition) is 8. The minimum absolute atomic E-state index is 0.0125. The summed E-state index contributed by atoms with van der Waals surface area (Å²) in [6, 6.07) is 6.50. The largest absolute Gasteiger partial charge is 0.507 e. The van der Waals surface area contributed by atoms with Gasteiger partial charge in [-0.05, 0) is 25.1 Å². The van der Waals surface area contributed by atoms with E-state index in [1.807, 2.05) is 0 Å². The van der Waals surface area contributed by atoms with Crippen LogP contribution in [0.3, 0.4) is 0 Å². The third kappa shape index (κ3) is 6.11. The maximum atomic E-state index is 13.8. The van der Waals surface area contributed by atoms with Crippen LogP contribution >= 0.6 is 0 Å². The van der Waals surface area contributed by atoms with Crippen molar-refractivity contribution in [3.63, 3.8) is 0 Å². The van der Waals surface area contributed by atoms with E-state index in [1.54, 1.807) is 0 Å². The fourth-order valence-electron chi connectivity index (χ4n) is 5.10. The Kier molecular flexibility index (Phi) is 9.41. The Bertz CT molecular complexity index is 1570. The number of phenolic OH excluding ortho intramolecular Hbond substituents is 2. The summed E-state index contributed by atoms with van der Waals surface area (Å²) in [5.74, 6) is -1.39. The van der Waals surface area contributed by atoms with Crippen LogP contribution in [-0.2, 0) is 14.2 Å². The van der Waals surface area contributed by atoms with Crippen LogP contribution in [0.5, 0.6) is 28.7 Å². The van der Waals surface area contributed by atoms with Crippen LogP contribution in [0, 0.1) is 0 Å². The van der Waals surface area contributed by atoms with Crippen LogP contribution in [0.1, 0.15) is 6.92 Å². The maximum Gasteiger partial charge on any atom is 0.239 e. The van der Waals surface area contributed by atoms with Gasteiger partial charge in [0.15, 0.2) is 23.5 Å². The van der Waals surface area contributed by atoms with E-state index in [9.17, 15) is 45.6 Å². The molecule has 0 saturated carbocycles. The second kappa shape index (κ2) is 13.0. The molecule has 3 aromatic rings. The van der Waals surface area contributed by atoms with Gasteiger partial charge in [0, 0.05) is 17.7 Å². The van der Waals surface area contributed by atoms with Gasteiger partial charge in [0.25, 0.3) is 0 Å². The molecule has 16 heteroatoms. The zero-order valence-corrected chi connectivity index (χ0v) is 24.2. The number of aromatic hydroxyl groups is 2. The highest BCUT2D eigenvalue weighted by Crippen LogP contribution is 2.40. The average molecular weight is 639 g/mol. The number of phenols is 2. The molecule has 1 aromatic heterocycles. The molecule has 3 heterocycles. The molecule has 0 bridgehead atoms. The van der Waals surface area contributed by atoms with Gasteiger partial charge < -0.3 is 73.7 Å². The standard InChI is InChI=1S/C29H34O16/c1-10-19(32)22(35)24(37)28(42-10)41-9-17-20(33)23(36)25(38)29(44-17)45-27-21(34)18-14(31)7-12(39-2)8-16(18)43-26(27)11-4-5-13(30)15(6-11)40-3/h4-8,10,17,19-20,22-25,28-33,35-38H,9H2,1-3H3/t10?,17?,19-,20+,22-,23?,24?,25?,28+,29-/m0/s1. The molecule has 2 aliphatic rings. The molecular weight excluding hydrogens is 604 g/mol. The molecule has 5 rings (SSSR count). The topological polar surface area (TPSA) is 247 Å². The molecule has 10 atom stereocenters. The second-order valence-corrected chi connectivity index (χ2v) is 10.6. The van der Waals surface area contributed by atoms with E-state index < -0.39 is 84.9 Å². The Morgan fingerprint density at radius 2 is 1.47 bits per heavy atom. The van der Waals surface area contributed by atoms with Gasteiger partial charge in [-0.25, -0.2) is 0 Å². The van der Waals surface area contributed by atoms with E-state index in [1.165, 1.54) is 51.5 Å². The summed E-state index contributed by atoms with van der Waals surface area (Å²) in [4.78, 5) is 13.8. The van der Waals surface area contributed by atoms with Gasteiger partial charge in [0.1, 0.15) is 65.2 Å². The first kappa shape index (κ1) is 32.7. The molecule has 16 nitrogen and oxygen atoms in total. The summed E-state index contributed by atoms with van der Waals surface area (Å²) < 4.78 is 38.7. The van der Waals surface area contributed by atoms with E-state index >= 15 is 0 Å². The Morgan fingerprint density at radius 3 is 2.16 bits per heavy atom. The average Bonchev–Trinajstić information content (AvgIpc) is 3.02. The molecule has 45 heavy (non-hydrogen) atoms. The van der Waals surface area contributed by atoms with E-state index in [-0.39, 0.29) is 39.5 Å². The quantitative estimate of drug-likeness (QED) is 0.146. The number of ether oxygens (including phenoxy) is 6. The Morgan fingerprint density at radius 1 is 0.778 bits per heavy atom. The number of rotatable bonds is 8. The lowest BCUT2D eigenvalue weighted by Gasteiger charge is -2.42. The van der Waals surface area contributed by atoms with Gasteiger partial charge in [-0.15, -0.1) is 0 Å². The lowest BCUT2D eigenvalue weighted by molar-refractivity contribution is -0.318. The smallest absolute Gasteiger partial charge is 0.239 e. The number of hydrogen-bond acceptors (Lipinski definition) is 16. The van der Waals surface area contributed by atoms with Crippen molar-refractivity contribution in [2.24, 2.45) is 0 Å². The number of benzene rings is 2. The van der Waals surface area contributed by atoms with Gasteiger partial charge in [-0.1, -0.05) is 0 Å². The summed E-state index contributed by atoms with van der Waals surface area (Å²) in [6.45, 7) is 0.868. The van der Waals surface area contributed by atoms with Gasteiger partial charge >= 0.3 is 0 Å². The van der Waals surface area contributed by atoms with Crippen molar-refractivity contribution >= 4 is 11.0 Å². The molecular formula is C29H34O16. The number of methoxy groups -OCH3 is 2. The van der Waals surface area contributed by atoms with E-state index in [0.29, 0.717) is 0 Å². The summed E-state index contributed by atoms with van der Waals surface area (Å²) in [5, 5.41) is 82.6. The zero-order valence-electron chi connectivity index (χ0n) is 24.2. The van der Waals surface area contributed by atoms with Crippen molar-refractivity contribution < 1.29 is 73.7 Å². The van der Waals surface area contributed by atoms with Crippen LogP contribution in [0.15, 0.2) is 39.5 Å². The first-order valence-electron chi connectivity index (χ1n) is 13.8. The van der Waals surface area contributed by atoms with Gasteiger partial charge in [0.05, 0.1) is 26.9 Å². The summed E-state index contributed by atoms with van der Waals surface area (Å²) in [5.41, 5.74) is -0.862. The van der Waals surface area contributed by atoms with E-state index in [4.69, 9.17) is 32.8 Å². The van der Waals surface area contributed by atoms with Crippen molar-refractivity contribution in [2.75, 3.05) is 20.8 Å². The molecule has 2 aromatic carbocycles. The van der Waals surface area contributed by atoms with E-state index in [0.717, 1.165) is 0 Å². The molecule has 8 N–H and O–H groups in total. The van der Waals surface area contributed by atoms with Crippen LogP contribution < -0.4 is 19.6 Å². The number of fused-ring (bicyclic) bond motifs is 1. The monoisotopic (exact) mass is 638 g/mol. The highest BCUT2D eigenvalue weighted by Gasteiger charge is 2.47. The van der Waals surface area contributed by atoms with Crippen LogP contribution in [0.25, 0.3) is 22.3 Å². The third-order valence-corrected chi connectivity index (χ3v) is 7.72. The van der Waals surface area contributed by atoms with Gasteiger partial charge in [-0.2, -0.15) is 0 Å². The Labute approximate surface area is 254 Å². The van der Waals surface area contributed by atoms with Crippen molar-refractivity contribution in [3.8, 4) is 40.1 Å². The fraction of sp³-hybridized carbons (Fsp3) is 0.483. The zero-order chi connectivity index (χ0) is 32.7. The third-order valence-electron chi connectivity index (χ3n) is 7.72. The van der Waals surface area contributed by atoms with Crippen LogP contribution in [-0.4, -0.2) is 123 Å². The molecule has 2 aliphatic heterocycles. The Balaban J connectivity index is 1.50. The first-order valence-corrected chi connectivity index (χ1v) is 13.8.